The van der Waals surface area contributed by atoms with Gasteiger partial charge < -0.3 is 4.57 Å². The van der Waals surface area contributed by atoms with Crippen LogP contribution in [-0.4, -0.2) is 15.3 Å². The number of rotatable bonds is 1. The molecule has 2 unspecified atom stereocenters. The van der Waals surface area contributed by atoms with Crippen molar-refractivity contribution in [2.24, 2.45) is 13.0 Å². The third kappa shape index (κ3) is 1.99. The number of carbonyl (C=O) groups is 1. The molecule has 134 valence electrons. The van der Waals surface area contributed by atoms with Crippen molar-refractivity contribution < 1.29 is 4.79 Å². The predicted molar refractivity (Wildman–Crippen MR) is 112 cm³/mol. The number of fused-ring (bicyclic) bond motifs is 3. The Bertz CT molecular complexity index is 1360. The van der Waals surface area contributed by atoms with Crippen LogP contribution >= 0.6 is 0 Å². The minimum Gasteiger partial charge on any atom is -0.327 e. The van der Waals surface area contributed by atoms with Crippen LogP contribution in [0.15, 0.2) is 78.9 Å². The number of hydrogen-bond donors (Lipinski definition) is 0. The van der Waals surface area contributed by atoms with E-state index in [4.69, 9.17) is 4.98 Å². The summed E-state index contributed by atoms with van der Waals surface area (Å²) in [6.45, 7) is 0. The second kappa shape index (κ2) is 5.52. The molecule has 3 aromatic carbocycles. The first-order valence-electron chi connectivity index (χ1n) is 9.60. The molecule has 6 rings (SSSR count). The zero-order chi connectivity index (χ0) is 18.8. The van der Waals surface area contributed by atoms with Gasteiger partial charge in [-0.3, -0.25) is 4.79 Å². The Morgan fingerprint density at radius 2 is 1.75 bits per heavy atom. The average molecular weight is 362 g/mol. The van der Waals surface area contributed by atoms with Gasteiger partial charge in [-0.15, -0.1) is 0 Å². The summed E-state index contributed by atoms with van der Waals surface area (Å²) in [6, 6.07) is 18.7. The van der Waals surface area contributed by atoms with E-state index in [-0.39, 0.29) is 17.6 Å². The number of aromatic nitrogens is 2. The first-order valence-corrected chi connectivity index (χ1v) is 9.60. The second-order valence-corrected chi connectivity index (χ2v) is 7.64. The highest BCUT2D eigenvalue weighted by molar-refractivity contribution is 6.14. The molecular formula is C25H18N2O. The number of para-hydroxylation sites is 2. The molecule has 0 radical (unpaired) electrons. The van der Waals surface area contributed by atoms with E-state index in [1.165, 1.54) is 5.56 Å². The van der Waals surface area contributed by atoms with Gasteiger partial charge in [-0.2, -0.15) is 0 Å². The molecule has 3 heteroatoms. The zero-order valence-electron chi connectivity index (χ0n) is 15.5. The first-order chi connectivity index (χ1) is 13.7. The number of allylic oxidation sites excluding steroid dienone is 4. The summed E-state index contributed by atoms with van der Waals surface area (Å²) < 4.78 is 2.15. The molecule has 0 amide bonds. The fourth-order valence-electron chi connectivity index (χ4n) is 4.80. The van der Waals surface area contributed by atoms with Gasteiger partial charge in [0.2, 0.25) is 0 Å². The molecule has 2 aliphatic rings. The second-order valence-electron chi connectivity index (χ2n) is 7.64. The largest absolute Gasteiger partial charge is 0.327 e. The lowest BCUT2D eigenvalue weighted by atomic mass is 9.71. The lowest BCUT2D eigenvalue weighted by molar-refractivity contribution is 0.0934. The molecule has 1 heterocycles. The van der Waals surface area contributed by atoms with Gasteiger partial charge in [0, 0.05) is 24.1 Å². The van der Waals surface area contributed by atoms with Crippen LogP contribution in [0.1, 0.15) is 21.8 Å². The number of carbonyl (C=O) groups excluding carboxylic acids is 1. The van der Waals surface area contributed by atoms with E-state index in [0.717, 1.165) is 38.8 Å². The van der Waals surface area contributed by atoms with E-state index >= 15 is 0 Å². The molecular weight excluding hydrogens is 344 g/mol. The zero-order valence-corrected chi connectivity index (χ0v) is 15.5. The number of imidazole rings is 1. The highest BCUT2D eigenvalue weighted by Gasteiger charge is 2.35. The van der Waals surface area contributed by atoms with Crippen LogP contribution in [0.25, 0.3) is 33.2 Å². The summed E-state index contributed by atoms with van der Waals surface area (Å²) in [5.74, 6) is 1.15. The molecule has 2 aliphatic carbocycles. The van der Waals surface area contributed by atoms with E-state index in [0.29, 0.717) is 0 Å². The Labute approximate surface area is 162 Å². The molecule has 0 bridgehead atoms. The SMILES string of the molecule is Cn1c(-c2cc3c4c(cccc4c2)C(=O)C2C=CC=CC32)nc2ccccc21. The van der Waals surface area contributed by atoms with Crippen LogP contribution in [0.4, 0.5) is 0 Å². The maximum atomic E-state index is 13.1. The van der Waals surface area contributed by atoms with Gasteiger partial charge in [0.1, 0.15) is 5.82 Å². The lowest BCUT2D eigenvalue weighted by Gasteiger charge is -2.31. The quantitative estimate of drug-likeness (QED) is 0.453. The molecule has 28 heavy (non-hydrogen) atoms. The van der Waals surface area contributed by atoms with Gasteiger partial charge >= 0.3 is 0 Å². The van der Waals surface area contributed by atoms with Crippen molar-refractivity contribution in [3.63, 3.8) is 0 Å². The number of hydrogen-bond acceptors (Lipinski definition) is 2. The summed E-state index contributed by atoms with van der Waals surface area (Å²) in [7, 11) is 2.06. The molecule has 3 nitrogen and oxygen atoms in total. The average Bonchev–Trinajstić information content (AvgIpc) is 3.08. The van der Waals surface area contributed by atoms with E-state index in [1.54, 1.807) is 0 Å². The topological polar surface area (TPSA) is 34.9 Å². The number of ketones is 1. The molecule has 0 aliphatic heterocycles. The Hall–Kier alpha value is -3.46. The predicted octanol–water partition coefficient (Wildman–Crippen LogP) is 5.42. The molecule has 0 fully saturated rings. The third-order valence-corrected chi connectivity index (χ3v) is 6.11. The van der Waals surface area contributed by atoms with Crippen LogP contribution in [0.2, 0.25) is 0 Å². The van der Waals surface area contributed by atoms with Crippen LogP contribution in [0.3, 0.4) is 0 Å². The van der Waals surface area contributed by atoms with Crippen LogP contribution in [0.5, 0.6) is 0 Å². The number of aryl methyl sites for hydroxylation is 1. The lowest BCUT2D eigenvalue weighted by Crippen LogP contribution is -2.26. The molecule has 0 saturated heterocycles. The Morgan fingerprint density at radius 3 is 2.61 bits per heavy atom. The molecule has 0 spiro atoms. The molecule has 2 atom stereocenters. The van der Waals surface area contributed by atoms with Crippen molar-refractivity contribution in [1.82, 2.24) is 9.55 Å². The van der Waals surface area contributed by atoms with Gasteiger partial charge in [0.25, 0.3) is 0 Å². The first kappa shape index (κ1) is 15.6. The minimum absolute atomic E-state index is 0.0875. The van der Waals surface area contributed by atoms with Gasteiger partial charge in [-0.25, -0.2) is 4.98 Å². The van der Waals surface area contributed by atoms with Crippen molar-refractivity contribution in [3.8, 4) is 11.4 Å². The Kier molecular flexibility index (Phi) is 3.07. The van der Waals surface area contributed by atoms with E-state index in [1.807, 2.05) is 42.5 Å². The maximum Gasteiger partial charge on any atom is 0.171 e. The number of benzene rings is 3. The highest BCUT2D eigenvalue weighted by atomic mass is 16.1. The summed E-state index contributed by atoms with van der Waals surface area (Å²) in [6.07, 6.45) is 8.23. The van der Waals surface area contributed by atoms with Gasteiger partial charge in [0.05, 0.1) is 17.0 Å². The van der Waals surface area contributed by atoms with Gasteiger partial charge in [-0.05, 0) is 40.6 Å². The summed E-state index contributed by atoms with van der Waals surface area (Å²) >= 11 is 0. The normalized spacial score (nSPS) is 20.1. The molecule has 0 N–H and O–H groups in total. The maximum absolute atomic E-state index is 13.1. The summed E-state index contributed by atoms with van der Waals surface area (Å²) in [5.41, 5.74) is 5.27. The van der Waals surface area contributed by atoms with Gasteiger partial charge in [-0.1, -0.05) is 54.6 Å². The fourth-order valence-corrected chi connectivity index (χ4v) is 4.80. The minimum atomic E-state index is -0.112. The van der Waals surface area contributed by atoms with Gasteiger partial charge in [0.15, 0.2) is 5.78 Å². The van der Waals surface area contributed by atoms with Crippen molar-refractivity contribution in [2.75, 3.05) is 0 Å². The van der Waals surface area contributed by atoms with E-state index in [2.05, 4.69) is 48.0 Å². The van der Waals surface area contributed by atoms with Crippen molar-refractivity contribution in [2.45, 2.75) is 5.92 Å². The standard InChI is InChI=1S/C25H18N2O/c1-27-22-12-5-4-11-21(22)26-25(27)16-13-15-7-6-10-19-23(15)20(14-16)17-8-2-3-9-18(17)24(19)28/h2-14,17-18H,1H3. The molecule has 4 aromatic rings. The molecule has 1 aromatic heterocycles. The van der Waals surface area contributed by atoms with Crippen molar-refractivity contribution >= 4 is 27.6 Å². The van der Waals surface area contributed by atoms with Crippen LogP contribution in [-0.2, 0) is 7.05 Å². The fraction of sp³-hybridized carbons (Fsp3) is 0.120. The molecule has 0 saturated carbocycles. The smallest absolute Gasteiger partial charge is 0.171 e. The monoisotopic (exact) mass is 362 g/mol. The van der Waals surface area contributed by atoms with Crippen molar-refractivity contribution in [1.29, 1.82) is 0 Å². The van der Waals surface area contributed by atoms with E-state index in [9.17, 15) is 4.79 Å². The Morgan fingerprint density at radius 1 is 0.929 bits per heavy atom. The van der Waals surface area contributed by atoms with Crippen LogP contribution < -0.4 is 0 Å². The third-order valence-electron chi connectivity index (χ3n) is 6.11. The number of Topliss-reactive ketones (excluding diaryl/α,β-unsaturated/α-hetero) is 1. The van der Waals surface area contributed by atoms with Crippen LogP contribution in [0, 0.1) is 5.92 Å². The summed E-state index contributed by atoms with van der Waals surface area (Å²) in [4.78, 5) is 18.0. The summed E-state index contributed by atoms with van der Waals surface area (Å²) in [5, 5.41) is 2.20. The van der Waals surface area contributed by atoms with Crippen molar-refractivity contribution in [3.05, 3.63) is 90.0 Å². The number of nitrogens with zero attached hydrogens (tertiary/aromatic N) is 2. The van der Waals surface area contributed by atoms with E-state index < -0.39 is 0 Å². The highest BCUT2D eigenvalue weighted by Crippen LogP contribution is 2.44. The Balaban J connectivity index is 1.67.